The number of carboxylic acids is 1. The molecule has 0 aliphatic heterocycles. The number of anilines is 2. The van der Waals surface area contributed by atoms with Gasteiger partial charge in [0, 0.05) is 19.3 Å². The molecule has 0 amide bonds. The van der Waals surface area contributed by atoms with Crippen LogP contribution in [0.3, 0.4) is 0 Å². The number of carbonyl (C=O) groups is 1. The van der Waals surface area contributed by atoms with Gasteiger partial charge in [0.15, 0.2) is 0 Å². The molecular weight excluding hydrogens is 355 g/mol. The second-order valence-corrected chi connectivity index (χ2v) is 7.01. The van der Waals surface area contributed by atoms with Crippen LogP contribution in [0.1, 0.15) is 15.9 Å². The first-order chi connectivity index (χ1) is 13.3. The van der Waals surface area contributed by atoms with Crippen LogP contribution >= 0.6 is 0 Å². The van der Waals surface area contributed by atoms with Gasteiger partial charge in [-0.1, -0.05) is 30.3 Å². The monoisotopic (exact) mass is 378 g/mol. The Morgan fingerprint density at radius 2 is 1.50 bits per heavy atom. The Hall–Kier alpha value is -3.18. The summed E-state index contributed by atoms with van der Waals surface area (Å²) in [6.07, 6.45) is 0. The number of hydrogen-bond acceptors (Lipinski definition) is 3. The fourth-order valence-electron chi connectivity index (χ4n) is 3.14. The number of halogens is 1. The molecule has 3 aromatic carbocycles. The summed E-state index contributed by atoms with van der Waals surface area (Å²) in [4.78, 5) is 15.6. The van der Waals surface area contributed by atoms with Gasteiger partial charge in [-0.3, -0.25) is 0 Å². The lowest BCUT2D eigenvalue weighted by Gasteiger charge is -2.22. The fourth-order valence-corrected chi connectivity index (χ4v) is 3.14. The average Bonchev–Trinajstić information content (AvgIpc) is 2.67. The second kappa shape index (κ2) is 8.23. The number of benzene rings is 3. The summed E-state index contributed by atoms with van der Waals surface area (Å²) < 4.78 is 13.2. The molecule has 0 atom stereocenters. The van der Waals surface area contributed by atoms with Crippen LogP contribution in [0.25, 0.3) is 11.1 Å². The minimum atomic E-state index is -1.00. The van der Waals surface area contributed by atoms with Crippen molar-refractivity contribution >= 4 is 17.3 Å². The lowest BCUT2D eigenvalue weighted by Crippen LogP contribution is -2.14. The van der Waals surface area contributed by atoms with E-state index in [2.05, 4.69) is 17.0 Å². The molecule has 3 aromatic rings. The number of carboxylic acid groups (broad SMARTS) is 1. The predicted molar refractivity (Wildman–Crippen MR) is 111 cm³/mol. The predicted octanol–water partition coefficient (Wildman–Crippen LogP) is 5.02. The molecule has 3 rings (SSSR count). The Balaban J connectivity index is 1.99. The molecule has 0 spiro atoms. The highest BCUT2D eigenvalue weighted by molar-refractivity contribution is 5.97. The van der Waals surface area contributed by atoms with E-state index in [-0.39, 0.29) is 11.4 Å². The number of rotatable bonds is 6. The maximum absolute atomic E-state index is 13.2. The van der Waals surface area contributed by atoms with Gasteiger partial charge < -0.3 is 14.9 Å². The van der Waals surface area contributed by atoms with Gasteiger partial charge in [-0.25, -0.2) is 9.18 Å². The Bertz CT molecular complexity index is 967. The maximum atomic E-state index is 13.2. The highest BCUT2D eigenvalue weighted by Crippen LogP contribution is 2.32. The first kappa shape index (κ1) is 19.6. The van der Waals surface area contributed by atoms with Gasteiger partial charge in [-0.15, -0.1) is 0 Å². The first-order valence-electron chi connectivity index (χ1n) is 8.96. The maximum Gasteiger partial charge on any atom is 0.337 e. The number of aromatic carboxylic acids is 1. The number of nitrogens with zero attached hydrogens (tertiary/aromatic N) is 2. The van der Waals surface area contributed by atoms with Crippen molar-refractivity contribution in [3.05, 3.63) is 83.7 Å². The smallest absolute Gasteiger partial charge is 0.337 e. The normalized spacial score (nSPS) is 10.9. The first-order valence-corrected chi connectivity index (χ1v) is 8.96. The van der Waals surface area contributed by atoms with Crippen molar-refractivity contribution in [2.75, 3.05) is 26.0 Å². The van der Waals surface area contributed by atoms with E-state index >= 15 is 0 Å². The van der Waals surface area contributed by atoms with Crippen LogP contribution < -0.4 is 4.90 Å². The quantitative estimate of drug-likeness (QED) is 0.654. The Morgan fingerprint density at radius 1 is 0.893 bits per heavy atom. The van der Waals surface area contributed by atoms with Crippen LogP contribution in [0.4, 0.5) is 15.8 Å². The van der Waals surface area contributed by atoms with Crippen molar-refractivity contribution < 1.29 is 14.3 Å². The lowest BCUT2D eigenvalue weighted by molar-refractivity contribution is 0.0697. The molecule has 28 heavy (non-hydrogen) atoms. The van der Waals surface area contributed by atoms with E-state index in [0.29, 0.717) is 11.4 Å². The molecule has 0 radical (unpaired) electrons. The molecule has 0 unspecified atom stereocenters. The van der Waals surface area contributed by atoms with Crippen LogP contribution in [0.15, 0.2) is 66.7 Å². The zero-order valence-electron chi connectivity index (χ0n) is 16.2. The van der Waals surface area contributed by atoms with E-state index in [4.69, 9.17) is 0 Å². The number of hydrogen-bond donors (Lipinski definition) is 1. The van der Waals surface area contributed by atoms with Crippen molar-refractivity contribution in [3.63, 3.8) is 0 Å². The van der Waals surface area contributed by atoms with Crippen LogP contribution in [0.5, 0.6) is 0 Å². The Morgan fingerprint density at radius 3 is 2.07 bits per heavy atom. The average molecular weight is 378 g/mol. The molecule has 0 saturated heterocycles. The summed E-state index contributed by atoms with van der Waals surface area (Å²) in [5, 5.41) is 9.60. The van der Waals surface area contributed by atoms with E-state index in [0.717, 1.165) is 17.7 Å². The molecule has 144 valence electrons. The van der Waals surface area contributed by atoms with Gasteiger partial charge in [0.2, 0.25) is 0 Å². The van der Waals surface area contributed by atoms with Gasteiger partial charge in [-0.05, 0) is 67.2 Å². The van der Waals surface area contributed by atoms with Crippen molar-refractivity contribution in [1.29, 1.82) is 0 Å². The minimum Gasteiger partial charge on any atom is -0.478 e. The van der Waals surface area contributed by atoms with E-state index in [1.165, 1.54) is 17.7 Å². The molecule has 0 saturated carbocycles. The molecule has 0 fully saturated rings. The molecule has 0 aromatic heterocycles. The van der Waals surface area contributed by atoms with Crippen molar-refractivity contribution in [2.45, 2.75) is 6.54 Å². The van der Waals surface area contributed by atoms with E-state index in [1.807, 2.05) is 38.4 Å². The standard InChI is InChI=1S/C23H23FN2O2/c1-25(2)15-16-4-6-17(7-5-16)18-8-13-21(23(27)28)22(14-18)26(3)20-11-9-19(24)10-12-20/h4-14H,15H2,1-3H3,(H,27,28). The zero-order chi connectivity index (χ0) is 20.3. The van der Waals surface area contributed by atoms with E-state index in [1.54, 1.807) is 30.1 Å². The second-order valence-electron chi connectivity index (χ2n) is 7.01. The lowest BCUT2D eigenvalue weighted by atomic mass is 10.00. The molecule has 5 heteroatoms. The summed E-state index contributed by atoms with van der Waals surface area (Å²) in [7, 11) is 5.82. The summed E-state index contributed by atoms with van der Waals surface area (Å²) in [5.74, 6) is -1.33. The van der Waals surface area contributed by atoms with Gasteiger partial charge in [0.1, 0.15) is 5.82 Å². The highest BCUT2D eigenvalue weighted by Gasteiger charge is 2.16. The Kier molecular flexibility index (Phi) is 5.76. The molecule has 4 nitrogen and oxygen atoms in total. The molecule has 0 bridgehead atoms. The third kappa shape index (κ3) is 4.38. The molecule has 0 aliphatic carbocycles. The van der Waals surface area contributed by atoms with Gasteiger partial charge >= 0.3 is 5.97 Å². The zero-order valence-corrected chi connectivity index (χ0v) is 16.2. The van der Waals surface area contributed by atoms with Crippen molar-refractivity contribution in [2.24, 2.45) is 0 Å². The van der Waals surface area contributed by atoms with E-state index in [9.17, 15) is 14.3 Å². The molecule has 0 aliphatic rings. The highest BCUT2D eigenvalue weighted by atomic mass is 19.1. The summed E-state index contributed by atoms with van der Waals surface area (Å²) in [6.45, 7) is 0.858. The van der Waals surface area contributed by atoms with Crippen molar-refractivity contribution in [1.82, 2.24) is 4.90 Å². The summed E-state index contributed by atoms with van der Waals surface area (Å²) in [6, 6.07) is 19.5. The molecule has 1 N–H and O–H groups in total. The van der Waals surface area contributed by atoms with Gasteiger partial charge in [-0.2, -0.15) is 0 Å². The molecule has 0 heterocycles. The van der Waals surface area contributed by atoms with Crippen LogP contribution in [0, 0.1) is 5.82 Å². The minimum absolute atomic E-state index is 0.194. The van der Waals surface area contributed by atoms with Crippen LogP contribution in [-0.4, -0.2) is 37.1 Å². The molecular formula is C23H23FN2O2. The third-order valence-corrected chi connectivity index (χ3v) is 4.59. The topological polar surface area (TPSA) is 43.8 Å². The fraction of sp³-hybridized carbons (Fsp3) is 0.174. The SMILES string of the molecule is CN(C)Cc1ccc(-c2ccc(C(=O)O)c(N(C)c3ccc(F)cc3)c2)cc1. The Labute approximate surface area is 164 Å². The summed E-state index contributed by atoms with van der Waals surface area (Å²) >= 11 is 0. The third-order valence-electron chi connectivity index (χ3n) is 4.59. The van der Waals surface area contributed by atoms with Crippen molar-refractivity contribution in [3.8, 4) is 11.1 Å². The van der Waals surface area contributed by atoms with Gasteiger partial charge in [0.25, 0.3) is 0 Å². The van der Waals surface area contributed by atoms with E-state index < -0.39 is 5.97 Å². The van der Waals surface area contributed by atoms with Gasteiger partial charge in [0.05, 0.1) is 11.3 Å². The largest absolute Gasteiger partial charge is 0.478 e. The summed E-state index contributed by atoms with van der Waals surface area (Å²) in [5.41, 5.74) is 4.59. The van der Waals surface area contributed by atoms with Crippen LogP contribution in [0.2, 0.25) is 0 Å². The van der Waals surface area contributed by atoms with Crippen LogP contribution in [-0.2, 0) is 6.54 Å².